The number of carbonyl (C=O) groups is 1. The zero-order valence-electron chi connectivity index (χ0n) is 7.57. The third-order valence-corrected chi connectivity index (χ3v) is 2.62. The van der Waals surface area contributed by atoms with Crippen LogP contribution in [0.5, 0.6) is 0 Å². The summed E-state index contributed by atoms with van der Waals surface area (Å²) in [4.78, 5) is 19.7. The van der Waals surface area contributed by atoms with Crippen molar-refractivity contribution >= 4 is 17.4 Å². The summed E-state index contributed by atoms with van der Waals surface area (Å²) < 4.78 is 0. The van der Waals surface area contributed by atoms with E-state index in [1.165, 1.54) is 0 Å². The molecule has 2 aromatic rings. The average molecular weight is 217 g/mol. The molecule has 0 N–H and O–H groups in total. The van der Waals surface area contributed by atoms with Gasteiger partial charge in [0.15, 0.2) is 0 Å². The smallest absolute Gasteiger partial charge is 0.223 e. The molecule has 0 spiro atoms. The minimum atomic E-state index is -0.0788. The minimum Gasteiger partial charge on any atom is -0.287 e. The maximum absolute atomic E-state index is 11.9. The van der Waals surface area contributed by atoms with E-state index in [1.807, 2.05) is 18.2 Å². The SMILES string of the molecule is O=C1c2ccccc2-c2cnc(Cl)nc21. The number of ketones is 1. The molecule has 3 rings (SSSR count). The molecule has 1 heterocycles. The predicted molar refractivity (Wildman–Crippen MR) is 55.9 cm³/mol. The molecule has 1 aromatic carbocycles. The van der Waals surface area contributed by atoms with E-state index in [0.717, 1.165) is 11.1 Å². The molecule has 1 aliphatic rings. The van der Waals surface area contributed by atoms with Gasteiger partial charge in [-0.05, 0) is 17.2 Å². The van der Waals surface area contributed by atoms with Crippen LogP contribution in [0.1, 0.15) is 16.1 Å². The lowest BCUT2D eigenvalue weighted by Crippen LogP contribution is -1.99. The summed E-state index contributed by atoms with van der Waals surface area (Å²) in [6, 6.07) is 7.39. The Balaban J connectivity index is 2.38. The summed E-state index contributed by atoms with van der Waals surface area (Å²) in [6.07, 6.45) is 1.59. The van der Waals surface area contributed by atoms with E-state index in [-0.39, 0.29) is 11.1 Å². The summed E-state index contributed by atoms with van der Waals surface area (Å²) >= 11 is 5.66. The van der Waals surface area contributed by atoms with Crippen molar-refractivity contribution in [2.24, 2.45) is 0 Å². The number of hydrogen-bond donors (Lipinski definition) is 0. The van der Waals surface area contributed by atoms with Gasteiger partial charge >= 0.3 is 0 Å². The molecule has 1 aromatic heterocycles. The van der Waals surface area contributed by atoms with Crippen LogP contribution in [0.25, 0.3) is 11.1 Å². The number of hydrogen-bond acceptors (Lipinski definition) is 3. The van der Waals surface area contributed by atoms with E-state index < -0.39 is 0 Å². The summed E-state index contributed by atoms with van der Waals surface area (Å²) in [5.41, 5.74) is 2.72. The molecular weight excluding hydrogens is 212 g/mol. The topological polar surface area (TPSA) is 42.9 Å². The Labute approximate surface area is 90.8 Å². The Kier molecular flexibility index (Phi) is 1.64. The molecule has 1 aliphatic carbocycles. The van der Waals surface area contributed by atoms with Crippen LogP contribution >= 0.6 is 11.6 Å². The molecule has 0 atom stereocenters. The molecular formula is C11H5ClN2O. The first kappa shape index (κ1) is 8.56. The van der Waals surface area contributed by atoms with Crippen molar-refractivity contribution in [3.8, 4) is 11.1 Å². The predicted octanol–water partition coefficient (Wildman–Crippen LogP) is 2.34. The Morgan fingerprint density at radius 1 is 1.07 bits per heavy atom. The molecule has 0 radical (unpaired) electrons. The lowest BCUT2D eigenvalue weighted by Gasteiger charge is -1.96. The largest absolute Gasteiger partial charge is 0.287 e. The minimum absolute atomic E-state index is 0.0788. The zero-order valence-corrected chi connectivity index (χ0v) is 8.32. The second-order valence-electron chi connectivity index (χ2n) is 3.28. The maximum Gasteiger partial charge on any atom is 0.223 e. The number of fused-ring (bicyclic) bond motifs is 3. The molecule has 0 amide bonds. The first-order chi connectivity index (χ1) is 7.27. The van der Waals surface area contributed by atoms with Gasteiger partial charge in [0.1, 0.15) is 5.69 Å². The fourth-order valence-corrected chi connectivity index (χ4v) is 1.91. The summed E-state index contributed by atoms with van der Waals surface area (Å²) in [5, 5.41) is 0.106. The zero-order chi connectivity index (χ0) is 10.4. The highest BCUT2D eigenvalue weighted by atomic mass is 35.5. The van der Waals surface area contributed by atoms with Crippen molar-refractivity contribution in [1.29, 1.82) is 0 Å². The number of rotatable bonds is 0. The molecule has 0 bridgehead atoms. The van der Waals surface area contributed by atoms with Gasteiger partial charge in [0.2, 0.25) is 11.1 Å². The molecule has 4 heteroatoms. The van der Waals surface area contributed by atoms with Crippen molar-refractivity contribution < 1.29 is 4.79 Å². The Bertz CT molecular complexity index is 581. The monoisotopic (exact) mass is 216 g/mol. The standard InChI is InChI=1S/C11H5ClN2O/c12-11-13-5-8-6-3-1-2-4-7(6)10(15)9(8)14-11/h1-5H. The van der Waals surface area contributed by atoms with E-state index in [0.29, 0.717) is 11.3 Å². The lowest BCUT2D eigenvalue weighted by molar-refractivity contribution is 0.103. The van der Waals surface area contributed by atoms with Gasteiger partial charge < -0.3 is 0 Å². The van der Waals surface area contributed by atoms with E-state index >= 15 is 0 Å². The number of nitrogens with zero attached hydrogens (tertiary/aromatic N) is 2. The van der Waals surface area contributed by atoms with Gasteiger partial charge in [-0.1, -0.05) is 24.3 Å². The first-order valence-corrected chi connectivity index (χ1v) is 4.82. The van der Waals surface area contributed by atoms with Gasteiger partial charge in [-0.15, -0.1) is 0 Å². The molecule has 0 saturated heterocycles. The van der Waals surface area contributed by atoms with Crippen LogP contribution in [0, 0.1) is 0 Å². The van der Waals surface area contributed by atoms with E-state index in [1.54, 1.807) is 12.3 Å². The third-order valence-electron chi connectivity index (χ3n) is 2.44. The molecule has 15 heavy (non-hydrogen) atoms. The van der Waals surface area contributed by atoms with Crippen LogP contribution in [0.4, 0.5) is 0 Å². The Morgan fingerprint density at radius 2 is 1.80 bits per heavy atom. The molecule has 72 valence electrons. The molecule has 0 unspecified atom stereocenters. The van der Waals surface area contributed by atoms with Gasteiger partial charge in [-0.25, -0.2) is 9.97 Å². The lowest BCUT2D eigenvalue weighted by atomic mass is 10.1. The molecule has 3 nitrogen and oxygen atoms in total. The number of benzene rings is 1. The number of halogens is 1. The summed E-state index contributed by atoms with van der Waals surface area (Å²) in [7, 11) is 0. The molecule has 0 aliphatic heterocycles. The summed E-state index contributed by atoms with van der Waals surface area (Å²) in [5.74, 6) is -0.0788. The van der Waals surface area contributed by atoms with Crippen LogP contribution in [-0.2, 0) is 0 Å². The van der Waals surface area contributed by atoms with E-state index in [9.17, 15) is 4.79 Å². The molecule has 0 saturated carbocycles. The van der Waals surface area contributed by atoms with Gasteiger partial charge in [-0.2, -0.15) is 0 Å². The summed E-state index contributed by atoms with van der Waals surface area (Å²) in [6.45, 7) is 0. The van der Waals surface area contributed by atoms with Gasteiger partial charge in [0, 0.05) is 17.3 Å². The van der Waals surface area contributed by atoms with Crippen LogP contribution in [0.2, 0.25) is 5.28 Å². The van der Waals surface area contributed by atoms with Gasteiger partial charge in [0.25, 0.3) is 0 Å². The highest BCUT2D eigenvalue weighted by Gasteiger charge is 2.28. The van der Waals surface area contributed by atoms with E-state index in [4.69, 9.17) is 11.6 Å². The number of aromatic nitrogens is 2. The maximum atomic E-state index is 11.9. The highest BCUT2D eigenvalue weighted by molar-refractivity contribution is 6.29. The highest BCUT2D eigenvalue weighted by Crippen LogP contribution is 2.34. The van der Waals surface area contributed by atoms with Crippen LogP contribution in [0.3, 0.4) is 0 Å². The fourth-order valence-electron chi connectivity index (χ4n) is 1.77. The van der Waals surface area contributed by atoms with Crippen molar-refractivity contribution in [2.45, 2.75) is 0 Å². The normalized spacial score (nSPS) is 12.5. The van der Waals surface area contributed by atoms with Gasteiger partial charge in [0.05, 0.1) is 0 Å². The molecule has 0 fully saturated rings. The quantitative estimate of drug-likeness (QED) is 0.542. The van der Waals surface area contributed by atoms with E-state index in [2.05, 4.69) is 9.97 Å². The first-order valence-electron chi connectivity index (χ1n) is 4.44. The Hall–Kier alpha value is -1.74. The average Bonchev–Trinajstić information content (AvgIpc) is 2.54. The number of carbonyl (C=O) groups excluding carboxylic acids is 1. The van der Waals surface area contributed by atoms with Crippen molar-refractivity contribution in [2.75, 3.05) is 0 Å². The van der Waals surface area contributed by atoms with Crippen LogP contribution in [-0.4, -0.2) is 15.8 Å². The Morgan fingerprint density at radius 3 is 2.60 bits per heavy atom. The van der Waals surface area contributed by atoms with Crippen LogP contribution in [0.15, 0.2) is 30.5 Å². The fraction of sp³-hybridized carbons (Fsp3) is 0. The third kappa shape index (κ3) is 1.10. The van der Waals surface area contributed by atoms with Crippen molar-refractivity contribution in [3.05, 3.63) is 47.0 Å². The van der Waals surface area contributed by atoms with Crippen molar-refractivity contribution in [1.82, 2.24) is 9.97 Å². The second kappa shape index (κ2) is 2.87. The second-order valence-corrected chi connectivity index (χ2v) is 3.61. The van der Waals surface area contributed by atoms with Crippen molar-refractivity contribution in [3.63, 3.8) is 0 Å². The van der Waals surface area contributed by atoms with Crippen LogP contribution < -0.4 is 0 Å². The van der Waals surface area contributed by atoms with Gasteiger partial charge in [-0.3, -0.25) is 4.79 Å².